The largest absolute Gasteiger partial charge is 0.475 e. The minimum absolute atomic E-state index is 0.156. The van der Waals surface area contributed by atoms with E-state index in [-0.39, 0.29) is 6.10 Å². The van der Waals surface area contributed by atoms with Crippen molar-refractivity contribution >= 4 is 15.9 Å². The third-order valence-corrected chi connectivity index (χ3v) is 2.40. The highest BCUT2D eigenvalue weighted by atomic mass is 79.9. The van der Waals surface area contributed by atoms with Crippen LogP contribution in [0.4, 0.5) is 0 Å². The topological polar surface area (TPSA) is 35.0 Å². The second-order valence-electron chi connectivity index (χ2n) is 3.84. The first-order valence-corrected chi connectivity index (χ1v) is 5.65. The number of aromatic nitrogens is 2. The van der Waals surface area contributed by atoms with Gasteiger partial charge >= 0.3 is 0 Å². The molecule has 1 fully saturated rings. The van der Waals surface area contributed by atoms with E-state index >= 15 is 0 Å². The van der Waals surface area contributed by atoms with Gasteiger partial charge in [-0.1, -0.05) is 0 Å². The zero-order valence-corrected chi connectivity index (χ0v) is 9.91. The molecular formula is C10H13BrN2O. The van der Waals surface area contributed by atoms with Crippen molar-refractivity contribution in [2.24, 2.45) is 0 Å². The van der Waals surface area contributed by atoms with Crippen LogP contribution in [0.5, 0.6) is 5.88 Å². The highest BCUT2D eigenvalue weighted by Gasteiger charge is 2.26. The maximum atomic E-state index is 5.53. The fraction of sp³-hybridized carbons (Fsp3) is 0.600. The average Bonchev–Trinajstić information content (AvgIpc) is 2.82. The maximum Gasteiger partial charge on any atom is 0.217 e. The number of ether oxygens (including phenoxy) is 1. The quantitative estimate of drug-likeness (QED) is 0.781. The van der Waals surface area contributed by atoms with E-state index < -0.39 is 0 Å². The number of nitrogens with zero attached hydrogens (tertiary/aromatic N) is 2. The average molecular weight is 257 g/mol. The molecule has 0 bridgehead atoms. The lowest BCUT2D eigenvalue weighted by molar-refractivity contribution is 0.231. The van der Waals surface area contributed by atoms with Gasteiger partial charge in [0.05, 0.1) is 11.8 Å². The van der Waals surface area contributed by atoms with Crippen LogP contribution in [0.3, 0.4) is 0 Å². The summed E-state index contributed by atoms with van der Waals surface area (Å²) in [6.45, 7) is 3.99. The summed E-state index contributed by atoms with van der Waals surface area (Å²) < 4.78 is 6.16. The van der Waals surface area contributed by atoms with Crippen LogP contribution in [-0.4, -0.2) is 16.1 Å². The van der Waals surface area contributed by atoms with Crippen molar-refractivity contribution in [1.82, 2.24) is 9.97 Å². The fourth-order valence-corrected chi connectivity index (χ4v) is 1.68. The lowest BCUT2D eigenvalue weighted by atomic mass is 10.3. The summed E-state index contributed by atoms with van der Waals surface area (Å²) in [6.07, 6.45) is 2.64. The summed E-state index contributed by atoms with van der Waals surface area (Å²) in [5.74, 6) is 1.30. The van der Waals surface area contributed by atoms with Crippen LogP contribution in [0.25, 0.3) is 0 Å². The predicted molar refractivity (Wildman–Crippen MR) is 57.5 cm³/mol. The Morgan fingerprint density at radius 2 is 2.14 bits per heavy atom. The van der Waals surface area contributed by atoms with E-state index in [0.717, 1.165) is 5.69 Å². The molecule has 2 rings (SSSR count). The SMILES string of the molecule is CC(C)Oc1cc(C2CC2)nc(Br)n1. The first kappa shape index (κ1) is 9.90. The zero-order chi connectivity index (χ0) is 10.1. The molecule has 0 saturated heterocycles. The van der Waals surface area contributed by atoms with Crippen LogP contribution in [-0.2, 0) is 0 Å². The first-order valence-electron chi connectivity index (χ1n) is 4.86. The van der Waals surface area contributed by atoms with E-state index in [1.54, 1.807) is 0 Å². The molecule has 0 aromatic carbocycles. The van der Waals surface area contributed by atoms with Crippen molar-refractivity contribution in [3.8, 4) is 5.88 Å². The van der Waals surface area contributed by atoms with Crippen LogP contribution in [0.15, 0.2) is 10.8 Å². The van der Waals surface area contributed by atoms with Gasteiger partial charge in [-0.15, -0.1) is 0 Å². The van der Waals surface area contributed by atoms with E-state index in [1.165, 1.54) is 12.8 Å². The molecule has 4 heteroatoms. The highest BCUT2D eigenvalue weighted by Crippen LogP contribution is 2.40. The van der Waals surface area contributed by atoms with Crippen molar-refractivity contribution in [3.63, 3.8) is 0 Å². The van der Waals surface area contributed by atoms with Crippen LogP contribution < -0.4 is 4.74 Å². The number of hydrogen-bond donors (Lipinski definition) is 0. The molecule has 1 aliphatic rings. The van der Waals surface area contributed by atoms with Gasteiger partial charge in [-0.25, -0.2) is 4.98 Å². The van der Waals surface area contributed by atoms with E-state index in [1.807, 2.05) is 19.9 Å². The number of rotatable bonds is 3. The van der Waals surface area contributed by atoms with E-state index in [0.29, 0.717) is 16.5 Å². The van der Waals surface area contributed by atoms with Crippen molar-refractivity contribution in [1.29, 1.82) is 0 Å². The van der Waals surface area contributed by atoms with Crippen LogP contribution in [0.2, 0.25) is 0 Å². The Hall–Kier alpha value is -0.640. The molecule has 0 N–H and O–H groups in total. The molecule has 1 aliphatic carbocycles. The second kappa shape index (κ2) is 3.85. The molecule has 0 aliphatic heterocycles. The Bertz CT molecular complexity index is 337. The zero-order valence-electron chi connectivity index (χ0n) is 8.33. The lowest BCUT2D eigenvalue weighted by Crippen LogP contribution is -2.08. The molecule has 0 atom stereocenters. The molecule has 3 nitrogen and oxygen atoms in total. The van der Waals surface area contributed by atoms with Gasteiger partial charge in [0.1, 0.15) is 0 Å². The van der Waals surface area contributed by atoms with Gasteiger partial charge < -0.3 is 4.74 Å². The Kier molecular flexibility index (Phi) is 2.72. The van der Waals surface area contributed by atoms with Gasteiger partial charge in [0.25, 0.3) is 0 Å². The minimum atomic E-state index is 0.156. The molecule has 1 aromatic heterocycles. The third-order valence-electron chi connectivity index (χ3n) is 2.05. The molecular weight excluding hydrogens is 244 g/mol. The van der Waals surface area contributed by atoms with Gasteiger partial charge in [0.2, 0.25) is 5.88 Å². The van der Waals surface area contributed by atoms with Crippen LogP contribution in [0, 0.1) is 0 Å². The van der Waals surface area contributed by atoms with Crippen molar-refractivity contribution in [2.45, 2.75) is 38.7 Å². The Balaban J connectivity index is 2.22. The molecule has 0 spiro atoms. The minimum Gasteiger partial charge on any atom is -0.475 e. The van der Waals surface area contributed by atoms with Gasteiger partial charge in [-0.05, 0) is 42.6 Å². The van der Waals surface area contributed by atoms with Crippen molar-refractivity contribution in [3.05, 3.63) is 16.5 Å². The summed E-state index contributed by atoms with van der Waals surface area (Å²) in [5, 5.41) is 0. The van der Waals surface area contributed by atoms with Gasteiger partial charge in [-0.2, -0.15) is 4.98 Å². The van der Waals surface area contributed by atoms with Crippen molar-refractivity contribution < 1.29 is 4.74 Å². The molecule has 0 radical (unpaired) electrons. The first-order chi connectivity index (χ1) is 6.65. The molecule has 1 aromatic rings. The Morgan fingerprint density at radius 3 is 2.71 bits per heavy atom. The fourth-order valence-electron chi connectivity index (χ4n) is 1.30. The smallest absolute Gasteiger partial charge is 0.217 e. The number of halogens is 1. The van der Waals surface area contributed by atoms with Gasteiger partial charge in [-0.3, -0.25) is 0 Å². The lowest BCUT2D eigenvalue weighted by Gasteiger charge is -2.09. The summed E-state index contributed by atoms with van der Waals surface area (Å²) in [6, 6.07) is 1.95. The molecule has 1 saturated carbocycles. The predicted octanol–water partition coefficient (Wildman–Crippen LogP) is 2.90. The standard InChI is InChI=1S/C10H13BrN2O/c1-6(2)14-9-5-8(7-3-4-7)12-10(11)13-9/h5-7H,3-4H2,1-2H3. The van der Waals surface area contributed by atoms with Gasteiger partial charge in [0.15, 0.2) is 4.73 Å². The second-order valence-corrected chi connectivity index (χ2v) is 4.55. The van der Waals surface area contributed by atoms with Gasteiger partial charge in [0, 0.05) is 12.0 Å². The highest BCUT2D eigenvalue weighted by molar-refractivity contribution is 9.10. The molecule has 14 heavy (non-hydrogen) atoms. The van der Waals surface area contributed by atoms with E-state index in [9.17, 15) is 0 Å². The summed E-state index contributed by atoms with van der Waals surface area (Å²) in [4.78, 5) is 8.50. The van der Waals surface area contributed by atoms with E-state index in [2.05, 4.69) is 25.9 Å². The molecule has 76 valence electrons. The maximum absolute atomic E-state index is 5.53. The summed E-state index contributed by atoms with van der Waals surface area (Å²) >= 11 is 3.30. The number of hydrogen-bond acceptors (Lipinski definition) is 3. The third kappa shape index (κ3) is 2.44. The molecule has 0 unspecified atom stereocenters. The van der Waals surface area contributed by atoms with Crippen LogP contribution in [0.1, 0.15) is 38.3 Å². The van der Waals surface area contributed by atoms with E-state index in [4.69, 9.17) is 4.74 Å². The normalized spacial score (nSPS) is 16.0. The summed E-state index contributed by atoms with van der Waals surface area (Å²) in [5.41, 5.74) is 1.10. The summed E-state index contributed by atoms with van der Waals surface area (Å²) in [7, 11) is 0. The molecule has 1 heterocycles. The monoisotopic (exact) mass is 256 g/mol. The Morgan fingerprint density at radius 1 is 1.43 bits per heavy atom. The Labute approximate surface area is 92.0 Å². The van der Waals surface area contributed by atoms with Crippen molar-refractivity contribution in [2.75, 3.05) is 0 Å². The van der Waals surface area contributed by atoms with Crippen LogP contribution >= 0.6 is 15.9 Å². The molecule has 0 amide bonds.